The highest BCUT2D eigenvalue weighted by molar-refractivity contribution is 5.76. The normalized spacial score (nSPS) is 18.7. The Morgan fingerprint density at radius 3 is 2.68 bits per heavy atom. The first-order chi connectivity index (χ1) is 13.7. The summed E-state index contributed by atoms with van der Waals surface area (Å²) in [6.45, 7) is 5.89. The SMILES string of the molecule is O=C1CCOCCN1CCN1CC(Cn2nc(-c3ccncc3)ccc2=O)C1. The van der Waals surface area contributed by atoms with Crippen LogP contribution in [0.5, 0.6) is 0 Å². The zero-order valence-corrected chi connectivity index (χ0v) is 15.9. The predicted octanol–water partition coefficient (Wildman–Crippen LogP) is 0.486. The third-order valence-electron chi connectivity index (χ3n) is 5.31. The van der Waals surface area contributed by atoms with Gasteiger partial charge in [-0.1, -0.05) is 0 Å². The molecule has 4 rings (SSSR count). The van der Waals surface area contributed by atoms with Crippen molar-refractivity contribution in [1.29, 1.82) is 0 Å². The molecule has 2 aliphatic heterocycles. The Balaban J connectivity index is 1.29. The van der Waals surface area contributed by atoms with Crippen molar-refractivity contribution >= 4 is 5.91 Å². The number of carbonyl (C=O) groups excluding carboxylic acids is 1. The van der Waals surface area contributed by atoms with Crippen molar-refractivity contribution in [1.82, 2.24) is 24.6 Å². The molecule has 2 aromatic heterocycles. The first-order valence-corrected chi connectivity index (χ1v) is 9.75. The lowest BCUT2D eigenvalue weighted by Crippen LogP contribution is -2.52. The van der Waals surface area contributed by atoms with Crippen molar-refractivity contribution in [3.8, 4) is 11.3 Å². The van der Waals surface area contributed by atoms with E-state index in [1.165, 1.54) is 0 Å². The Morgan fingerprint density at radius 1 is 1.04 bits per heavy atom. The number of pyridine rings is 1. The molecular weight excluding hydrogens is 358 g/mol. The van der Waals surface area contributed by atoms with Crippen molar-refractivity contribution < 1.29 is 9.53 Å². The van der Waals surface area contributed by atoms with Crippen LogP contribution >= 0.6 is 0 Å². The molecule has 0 radical (unpaired) electrons. The van der Waals surface area contributed by atoms with Crippen LogP contribution in [-0.2, 0) is 16.1 Å². The van der Waals surface area contributed by atoms with Crippen LogP contribution in [0.3, 0.4) is 0 Å². The van der Waals surface area contributed by atoms with E-state index >= 15 is 0 Å². The van der Waals surface area contributed by atoms with Gasteiger partial charge in [-0.05, 0) is 18.2 Å². The van der Waals surface area contributed by atoms with E-state index < -0.39 is 0 Å². The first-order valence-electron chi connectivity index (χ1n) is 9.75. The van der Waals surface area contributed by atoms with Gasteiger partial charge in [0, 0.05) is 62.7 Å². The van der Waals surface area contributed by atoms with Gasteiger partial charge >= 0.3 is 0 Å². The Morgan fingerprint density at radius 2 is 1.86 bits per heavy atom. The number of likely N-dealkylation sites (tertiary alicyclic amines) is 1. The molecule has 0 bridgehead atoms. The maximum absolute atomic E-state index is 12.2. The standard InChI is InChI=1S/C20H25N5O3/c26-19-5-11-28-12-10-24(19)9-8-23-13-16(14-23)15-25-20(27)2-1-18(22-25)17-3-6-21-7-4-17/h1-4,6-7,16H,5,8-15H2. The van der Waals surface area contributed by atoms with Gasteiger partial charge in [0.1, 0.15) is 0 Å². The van der Waals surface area contributed by atoms with Crippen LogP contribution in [0.4, 0.5) is 0 Å². The highest BCUT2D eigenvalue weighted by atomic mass is 16.5. The number of aromatic nitrogens is 3. The largest absolute Gasteiger partial charge is 0.379 e. The van der Waals surface area contributed by atoms with Crippen molar-refractivity contribution in [2.75, 3.05) is 45.9 Å². The topological polar surface area (TPSA) is 80.6 Å². The maximum Gasteiger partial charge on any atom is 0.266 e. The maximum atomic E-state index is 12.2. The Kier molecular flexibility index (Phi) is 5.78. The molecule has 2 fully saturated rings. The van der Waals surface area contributed by atoms with Gasteiger partial charge in [0.2, 0.25) is 5.91 Å². The third-order valence-corrected chi connectivity index (χ3v) is 5.31. The van der Waals surface area contributed by atoms with E-state index in [9.17, 15) is 9.59 Å². The number of amides is 1. The summed E-state index contributed by atoms with van der Waals surface area (Å²) in [7, 11) is 0. The minimum atomic E-state index is -0.0774. The number of carbonyl (C=O) groups is 1. The Bertz CT molecular complexity index is 864. The van der Waals surface area contributed by atoms with E-state index in [-0.39, 0.29) is 11.5 Å². The molecule has 0 spiro atoms. The predicted molar refractivity (Wildman–Crippen MR) is 104 cm³/mol. The second-order valence-electron chi connectivity index (χ2n) is 7.34. The summed E-state index contributed by atoms with van der Waals surface area (Å²) in [6.07, 6.45) is 3.92. The average molecular weight is 383 g/mol. The molecule has 1 amide bonds. The average Bonchev–Trinajstić information content (AvgIpc) is 2.89. The highest BCUT2D eigenvalue weighted by Crippen LogP contribution is 2.18. The van der Waals surface area contributed by atoms with Gasteiger partial charge in [-0.15, -0.1) is 0 Å². The van der Waals surface area contributed by atoms with E-state index in [2.05, 4.69) is 15.0 Å². The van der Waals surface area contributed by atoms with Crippen LogP contribution < -0.4 is 5.56 Å². The van der Waals surface area contributed by atoms with Gasteiger partial charge in [0.25, 0.3) is 5.56 Å². The van der Waals surface area contributed by atoms with Crippen LogP contribution in [0.25, 0.3) is 11.3 Å². The van der Waals surface area contributed by atoms with Crippen LogP contribution in [0.15, 0.2) is 41.5 Å². The number of rotatable bonds is 6. The fourth-order valence-electron chi connectivity index (χ4n) is 3.69. The molecule has 0 aliphatic carbocycles. The lowest BCUT2D eigenvalue weighted by molar-refractivity contribution is -0.130. The molecule has 0 aromatic carbocycles. The summed E-state index contributed by atoms with van der Waals surface area (Å²) in [5.74, 6) is 0.583. The Hall–Kier alpha value is -2.58. The number of hydrogen-bond acceptors (Lipinski definition) is 6. The summed E-state index contributed by atoms with van der Waals surface area (Å²) in [6, 6.07) is 7.10. The van der Waals surface area contributed by atoms with Crippen LogP contribution in [-0.4, -0.2) is 76.4 Å². The zero-order chi connectivity index (χ0) is 19.3. The van der Waals surface area contributed by atoms with Gasteiger partial charge in [0.15, 0.2) is 0 Å². The molecular formula is C20H25N5O3. The van der Waals surface area contributed by atoms with E-state index in [0.717, 1.165) is 37.4 Å². The summed E-state index contributed by atoms with van der Waals surface area (Å²) >= 11 is 0. The smallest absolute Gasteiger partial charge is 0.266 e. The number of ether oxygens (including phenoxy) is 1. The molecule has 2 aliphatic rings. The number of nitrogens with zero attached hydrogens (tertiary/aromatic N) is 5. The summed E-state index contributed by atoms with van der Waals surface area (Å²) in [5.41, 5.74) is 1.65. The second kappa shape index (κ2) is 8.62. The molecule has 8 heteroatoms. The zero-order valence-electron chi connectivity index (χ0n) is 15.9. The molecule has 2 aromatic rings. The van der Waals surface area contributed by atoms with Crippen molar-refractivity contribution in [2.24, 2.45) is 5.92 Å². The van der Waals surface area contributed by atoms with Crippen molar-refractivity contribution in [2.45, 2.75) is 13.0 Å². The van der Waals surface area contributed by atoms with E-state index in [1.54, 1.807) is 29.2 Å². The van der Waals surface area contributed by atoms with Crippen LogP contribution in [0, 0.1) is 5.92 Å². The third kappa shape index (κ3) is 4.45. The van der Waals surface area contributed by atoms with Gasteiger partial charge < -0.3 is 14.5 Å². The highest BCUT2D eigenvalue weighted by Gasteiger charge is 2.28. The fraction of sp³-hybridized carbons (Fsp3) is 0.500. The lowest BCUT2D eigenvalue weighted by atomic mass is 10.0. The molecule has 2 saturated heterocycles. The minimum Gasteiger partial charge on any atom is -0.379 e. The van der Waals surface area contributed by atoms with Crippen LogP contribution in [0.2, 0.25) is 0 Å². The molecule has 4 heterocycles. The fourth-order valence-corrected chi connectivity index (χ4v) is 3.69. The monoisotopic (exact) mass is 383 g/mol. The molecule has 28 heavy (non-hydrogen) atoms. The van der Waals surface area contributed by atoms with Gasteiger partial charge in [-0.3, -0.25) is 14.6 Å². The van der Waals surface area contributed by atoms with Crippen molar-refractivity contribution in [3.63, 3.8) is 0 Å². The van der Waals surface area contributed by atoms with E-state index in [4.69, 9.17) is 4.74 Å². The molecule has 0 unspecified atom stereocenters. The molecule has 0 N–H and O–H groups in total. The summed E-state index contributed by atoms with van der Waals surface area (Å²) < 4.78 is 6.92. The molecule has 0 atom stereocenters. The van der Waals surface area contributed by atoms with Crippen molar-refractivity contribution in [3.05, 3.63) is 47.0 Å². The quantitative estimate of drug-likeness (QED) is 0.722. The molecule has 0 saturated carbocycles. The minimum absolute atomic E-state index is 0.0774. The number of hydrogen-bond donors (Lipinski definition) is 0. The van der Waals surface area contributed by atoms with Crippen LogP contribution in [0.1, 0.15) is 6.42 Å². The lowest BCUT2D eigenvalue weighted by Gasteiger charge is -2.40. The van der Waals surface area contributed by atoms with Gasteiger partial charge in [-0.2, -0.15) is 5.10 Å². The molecule has 148 valence electrons. The van der Waals surface area contributed by atoms with E-state index in [0.29, 0.717) is 38.6 Å². The first kappa shape index (κ1) is 18.8. The second-order valence-corrected chi connectivity index (χ2v) is 7.34. The summed E-state index contributed by atoms with van der Waals surface area (Å²) in [4.78, 5) is 32.4. The molecule has 8 nitrogen and oxygen atoms in total. The van der Waals surface area contributed by atoms with Gasteiger partial charge in [-0.25, -0.2) is 4.68 Å². The van der Waals surface area contributed by atoms with E-state index in [1.807, 2.05) is 17.0 Å². The Labute approximate surface area is 163 Å². The summed E-state index contributed by atoms with van der Waals surface area (Å²) in [5, 5.41) is 4.52. The van der Waals surface area contributed by atoms with Gasteiger partial charge in [0.05, 0.1) is 31.9 Å².